The minimum absolute atomic E-state index is 0.345. The van der Waals surface area contributed by atoms with Gasteiger partial charge in [-0.05, 0) is 44.2 Å². The molecule has 0 radical (unpaired) electrons. The predicted octanol–water partition coefficient (Wildman–Crippen LogP) is 2.96. The van der Waals surface area contributed by atoms with Gasteiger partial charge in [-0.2, -0.15) is 0 Å². The summed E-state index contributed by atoms with van der Waals surface area (Å²) in [6.45, 7) is 3.49. The number of aromatic nitrogens is 5. The molecule has 1 atom stereocenters. The second-order valence-corrected chi connectivity index (χ2v) is 6.84. The molecule has 150 valence electrons. The number of carbonyl (C=O) groups is 1. The summed E-state index contributed by atoms with van der Waals surface area (Å²) >= 11 is 0. The fraction of sp³-hybridized carbons (Fsp3) is 0.182. The number of fused-ring (bicyclic) bond motifs is 1. The number of hydrogen-bond acceptors (Lipinski definition) is 7. The maximum Gasteiger partial charge on any atom is 0.328 e. The molecule has 4 heterocycles. The Morgan fingerprint density at radius 2 is 1.97 bits per heavy atom. The lowest BCUT2D eigenvalue weighted by atomic mass is 10.1. The zero-order valence-corrected chi connectivity index (χ0v) is 16.7. The number of esters is 1. The van der Waals surface area contributed by atoms with E-state index in [1.54, 1.807) is 37.6 Å². The largest absolute Gasteiger partial charge is 0.467 e. The molecule has 0 fully saturated rings. The van der Waals surface area contributed by atoms with Crippen LogP contribution in [0.4, 0.5) is 0 Å². The first-order chi connectivity index (χ1) is 14.5. The van der Waals surface area contributed by atoms with E-state index in [1.807, 2.05) is 25.1 Å². The van der Waals surface area contributed by atoms with Crippen LogP contribution in [0.3, 0.4) is 0 Å². The normalized spacial score (nSPS) is 12.0. The second kappa shape index (κ2) is 7.82. The fourth-order valence-corrected chi connectivity index (χ4v) is 3.17. The van der Waals surface area contributed by atoms with E-state index in [0.29, 0.717) is 22.3 Å². The van der Waals surface area contributed by atoms with Gasteiger partial charge in [0, 0.05) is 35.4 Å². The van der Waals surface area contributed by atoms with Crippen LogP contribution in [0.5, 0.6) is 0 Å². The van der Waals surface area contributed by atoms with Crippen molar-refractivity contribution in [2.75, 3.05) is 7.11 Å². The van der Waals surface area contributed by atoms with Gasteiger partial charge in [-0.1, -0.05) is 0 Å². The van der Waals surface area contributed by atoms with Crippen LogP contribution in [-0.2, 0) is 9.53 Å². The van der Waals surface area contributed by atoms with E-state index in [4.69, 9.17) is 9.72 Å². The molecule has 8 nitrogen and oxygen atoms in total. The Balaban J connectivity index is 2.02. The molecule has 0 N–H and O–H groups in total. The number of methoxy groups -OCH3 is 1. The molecule has 0 aromatic carbocycles. The highest BCUT2D eigenvalue weighted by Crippen LogP contribution is 2.28. The Labute approximate surface area is 172 Å². The molecule has 0 aliphatic heterocycles. The maximum absolute atomic E-state index is 13.3. The maximum atomic E-state index is 13.3. The van der Waals surface area contributed by atoms with Crippen molar-refractivity contribution in [3.05, 3.63) is 71.3 Å². The summed E-state index contributed by atoms with van der Waals surface area (Å²) in [5.41, 5.74) is 3.57. The van der Waals surface area contributed by atoms with E-state index in [2.05, 4.69) is 15.0 Å². The van der Waals surface area contributed by atoms with E-state index in [9.17, 15) is 9.59 Å². The number of rotatable bonds is 4. The average molecular weight is 401 g/mol. The first kappa shape index (κ1) is 19.4. The van der Waals surface area contributed by atoms with Crippen molar-refractivity contribution in [2.45, 2.75) is 19.9 Å². The number of carbonyl (C=O) groups excluding carboxylic acids is 1. The van der Waals surface area contributed by atoms with Crippen molar-refractivity contribution in [2.24, 2.45) is 0 Å². The summed E-state index contributed by atoms with van der Waals surface area (Å²) < 4.78 is 6.04. The van der Waals surface area contributed by atoms with Gasteiger partial charge in [-0.3, -0.25) is 19.3 Å². The van der Waals surface area contributed by atoms with Gasteiger partial charge in [-0.25, -0.2) is 14.8 Å². The second-order valence-electron chi connectivity index (χ2n) is 6.84. The SMILES string of the molecule is COC(=O)[C@H](C)n1cnc2c(-c3cccnc3)nc(-c3ccc(C)nc3)cc2c1=O. The molecule has 0 aliphatic rings. The molecular weight excluding hydrogens is 382 g/mol. The molecule has 0 bridgehead atoms. The van der Waals surface area contributed by atoms with E-state index < -0.39 is 12.0 Å². The molecule has 4 rings (SSSR count). The van der Waals surface area contributed by atoms with Crippen molar-refractivity contribution < 1.29 is 9.53 Å². The third-order valence-corrected chi connectivity index (χ3v) is 4.87. The van der Waals surface area contributed by atoms with Gasteiger partial charge in [0.25, 0.3) is 5.56 Å². The molecule has 8 heteroatoms. The molecule has 0 amide bonds. The van der Waals surface area contributed by atoms with E-state index in [1.165, 1.54) is 18.0 Å². The Kier molecular flexibility index (Phi) is 5.05. The first-order valence-electron chi connectivity index (χ1n) is 9.32. The third-order valence-electron chi connectivity index (χ3n) is 4.87. The smallest absolute Gasteiger partial charge is 0.328 e. The van der Waals surface area contributed by atoms with Crippen molar-refractivity contribution >= 4 is 16.9 Å². The van der Waals surface area contributed by atoms with Crippen LogP contribution in [-0.4, -0.2) is 37.6 Å². The van der Waals surface area contributed by atoms with Crippen LogP contribution < -0.4 is 5.56 Å². The molecule has 4 aromatic rings. The predicted molar refractivity (Wildman–Crippen MR) is 112 cm³/mol. The lowest BCUT2D eigenvalue weighted by Gasteiger charge is -2.14. The number of pyridine rings is 3. The minimum atomic E-state index is -0.807. The lowest BCUT2D eigenvalue weighted by molar-refractivity contribution is -0.144. The summed E-state index contributed by atoms with van der Waals surface area (Å²) in [4.78, 5) is 42.9. The monoisotopic (exact) mass is 401 g/mol. The molecule has 4 aromatic heterocycles. The first-order valence-corrected chi connectivity index (χ1v) is 9.32. The number of aryl methyl sites for hydroxylation is 1. The van der Waals surface area contributed by atoms with Crippen LogP contribution in [0.25, 0.3) is 33.4 Å². The molecule has 0 unspecified atom stereocenters. The highest BCUT2D eigenvalue weighted by Gasteiger charge is 2.20. The van der Waals surface area contributed by atoms with Crippen molar-refractivity contribution in [1.82, 2.24) is 24.5 Å². The summed E-state index contributed by atoms with van der Waals surface area (Å²) in [7, 11) is 1.28. The highest BCUT2D eigenvalue weighted by atomic mass is 16.5. The lowest BCUT2D eigenvalue weighted by Crippen LogP contribution is -2.29. The van der Waals surface area contributed by atoms with Gasteiger partial charge in [0.2, 0.25) is 0 Å². The van der Waals surface area contributed by atoms with Crippen LogP contribution in [0.1, 0.15) is 18.7 Å². The zero-order valence-electron chi connectivity index (χ0n) is 16.7. The van der Waals surface area contributed by atoms with E-state index in [-0.39, 0.29) is 5.56 Å². The Hall–Kier alpha value is -3.94. The Morgan fingerprint density at radius 1 is 1.13 bits per heavy atom. The van der Waals surface area contributed by atoms with Crippen molar-refractivity contribution in [3.8, 4) is 22.5 Å². The number of hydrogen-bond donors (Lipinski definition) is 0. The topological polar surface area (TPSA) is 99.9 Å². The molecule has 0 spiro atoms. The van der Waals surface area contributed by atoms with Gasteiger partial charge in [-0.15, -0.1) is 0 Å². The highest BCUT2D eigenvalue weighted by molar-refractivity contribution is 5.93. The molecule has 0 saturated heterocycles. The summed E-state index contributed by atoms with van der Waals surface area (Å²) in [5, 5.41) is 0.345. The van der Waals surface area contributed by atoms with E-state index in [0.717, 1.165) is 16.8 Å². The van der Waals surface area contributed by atoms with Crippen LogP contribution in [0, 0.1) is 6.92 Å². The quantitative estimate of drug-likeness (QED) is 0.485. The summed E-state index contributed by atoms with van der Waals surface area (Å²) in [5.74, 6) is -0.525. The zero-order chi connectivity index (χ0) is 21.3. The average Bonchev–Trinajstić information content (AvgIpc) is 2.79. The Morgan fingerprint density at radius 3 is 2.63 bits per heavy atom. The van der Waals surface area contributed by atoms with Crippen LogP contribution in [0.15, 0.2) is 60.0 Å². The van der Waals surface area contributed by atoms with Gasteiger partial charge >= 0.3 is 5.97 Å². The molecule has 0 saturated carbocycles. The van der Waals surface area contributed by atoms with Gasteiger partial charge in [0.05, 0.1) is 30.2 Å². The van der Waals surface area contributed by atoms with E-state index >= 15 is 0 Å². The molecule has 30 heavy (non-hydrogen) atoms. The van der Waals surface area contributed by atoms with Crippen molar-refractivity contribution in [3.63, 3.8) is 0 Å². The number of nitrogens with zero attached hydrogens (tertiary/aromatic N) is 5. The fourth-order valence-electron chi connectivity index (χ4n) is 3.17. The third kappa shape index (κ3) is 3.43. The Bertz CT molecular complexity index is 1280. The van der Waals surface area contributed by atoms with Crippen LogP contribution in [0.2, 0.25) is 0 Å². The molecule has 0 aliphatic carbocycles. The summed E-state index contributed by atoms with van der Waals surface area (Å²) in [6, 6.07) is 8.30. The summed E-state index contributed by atoms with van der Waals surface area (Å²) in [6.07, 6.45) is 6.39. The van der Waals surface area contributed by atoms with Crippen LogP contribution >= 0.6 is 0 Å². The van der Waals surface area contributed by atoms with Gasteiger partial charge < -0.3 is 4.74 Å². The van der Waals surface area contributed by atoms with Gasteiger partial charge in [0.1, 0.15) is 11.6 Å². The minimum Gasteiger partial charge on any atom is -0.467 e. The number of ether oxygens (including phenoxy) is 1. The molecular formula is C22H19N5O3. The van der Waals surface area contributed by atoms with Gasteiger partial charge in [0.15, 0.2) is 0 Å². The standard InChI is InChI=1S/C22H19N5O3/c1-13-6-7-15(11-24-13)18-9-17-20(19(26-18)16-5-4-8-23-10-16)25-12-27(21(17)28)14(2)22(29)30-3/h4-12,14H,1-3H3/t14-/m0/s1. The van der Waals surface area contributed by atoms with Crippen molar-refractivity contribution in [1.29, 1.82) is 0 Å².